The van der Waals surface area contributed by atoms with Crippen LogP contribution in [-0.4, -0.2) is 22.0 Å². The molecule has 40 heavy (non-hydrogen) atoms. The molecule has 0 bridgehead atoms. The van der Waals surface area contributed by atoms with Crippen LogP contribution in [0.5, 0.6) is 5.75 Å². The summed E-state index contributed by atoms with van der Waals surface area (Å²) in [6.45, 7) is 0.198. The number of para-hydroxylation sites is 1. The van der Waals surface area contributed by atoms with Crippen molar-refractivity contribution in [3.05, 3.63) is 109 Å². The quantitative estimate of drug-likeness (QED) is 0.264. The summed E-state index contributed by atoms with van der Waals surface area (Å²) < 4.78 is 46.4. The van der Waals surface area contributed by atoms with E-state index in [0.717, 1.165) is 45.7 Å². The van der Waals surface area contributed by atoms with E-state index in [-0.39, 0.29) is 17.2 Å². The Morgan fingerprint density at radius 3 is 2.45 bits per heavy atom. The van der Waals surface area contributed by atoms with Crippen molar-refractivity contribution >= 4 is 52.2 Å². The summed E-state index contributed by atoms with van der Waals surface area (Å²) in [6.07, 6.45) is -4.64. The van der Waals surface area contributed by atoms with E-state index in [1.807, 2.05) is 12.1 Å². The van der Waals surface area contributed by atoms with Crippen molar-refractivity contribution in [1.29, 1.82) is 0 Å². The van der Waals surface area contributed by atoms with Gasteiger partial charge in [-0.1, -0.05) is 71.1 Å². The third kappa shape index (κ3) is 4.71. The molecule has 3 aromatic carbocycles. The van der Waals surface area contributed by atoms with Gasteiger partial charge in [-0.25, -0.2) is 4.90 Å². The topological polar surface area (TPSA) is 79.5 Å². The zero-order valence-corrected chi connectivity index (χ0v) is 22.7. The molecule has 0 radical (unpaired) electrons. The molecule has 2 aliphatic heterocycles. The van der Waals surface area contributed by atoms with Crippen molar-refractivity contribution < 1.29 is 27.5 Å². The van der Waals surface area contributed by atoms with E-state index in [1.54, 1.807) is 36.4 Å². The second-order valence-electron chi connectivity index (χ2n) is 9.26. The number of thiazole rings is 1. The third-order valence-electron chi connectivity index (χ3n) is 6.82. The first-order chi connectivity index (χ1) is 19.1. The highest BCUT2D eigenvalue weighted by molar-refractivity contribution is 8.00. The van der Waals surface area contributed by atoms with Crippen LogP contribution < -0.4 is 14.5 Å². The normalized spacial score (nSPS) is 20.4. The minimum Gasteiger partial charge on any atom is -0.489 e. The lowest BCUT2D eigenvalue weighted by atomic mass is 9.82. The Morgan fingerprint density at radius 2 is 1.70 bits per heavy atom. The maximum atomic E-state index is 13.9. The average Bonchev–Trinajstić information content (AvgIpc) is 3.42. The van der Waals surface area contributed by atoms with Crippen molar-refractivity contribution in [3.8, 4) is 5.75 Å². The van der Waals surface area contributed by atoms with Crippen LogP contribution in [0, 0.1) is 5.92 Å². The summed E-state index contributed by atoms with van der Waals surface area (Å²) >= 11 is 7.97. The largest absolute Gasteiger partial charge is 0.489 e. The lowest BCUT2D eigenvalue weighted by Crippen LogP contribution is -2.32. The van der Waals surface area contributed by atoms with Crippen LogP contribution in [0.25, 0.3) is 0 Å². The molecular weight excluding hydrogens is 585 g/mol. The first-order valence-electron chi connectivity index (χ1n) is 12.0. The number of benzene rings is 3. The summed E-state index contributed by atoms with van der Waals surface area (Å²) in [5.41, 5.74) is 0.332. The van der Waals surface area contributed by atoms with Crippen LogP contribution in [0.15, 0.2) is 82.6 Å². The summed E-state index contributed by atoms with van der Waals surface area (Å²) in [6, 6.07) is 18.3. The number of hydrogen-bond donors (Lipinski definition) is 1. The zero-order valence-electron chi connectivity index (χ0n) is 20.3. The molecule has 2 amide bonds. The van der Waals surface area contributed by atoms with Gasteiger partial charge in [-0.3, -0.25) is 14.4 Å². The van der Waals surface area contributed by atoms with Crippen LogP contribution in [-0.2, 0) is 22.4 Å². The van der Waals surface area contributed by atoms with E-state index in [2.05, 4.69) is 4.98 Å². The molecule has 0 spiro atoms. The number of nitrogens with zero attached hydrogens (tertiary/aromatic N) is 1. The van der Waals surface area contributed by atoms with Crippen molar-refractivity contribution in [2.45, 2.75) is 29.0 Å². The highest BCUT2D eigenvalue weighted by atomic mass is 35.5. The second-order valence-corrected chi connectivity index (χ2v) is 11.9. The average molecular weight is 603 g/mol. The molecule has 0 aliphatic carbocycles. The Labute approximate surface area is 238 Å². The van der Waals surface area contributed by atoms with Gasteiger partial charge < -0.3 is 9.72 Å². The molecule has 0 saturated carbocycles. The Hall–Kier alpha value is -3.54. The van der Waals surface area contributed by atoms with Gasteiger partial charge in [0.25, 0.3) is 0 Å². The first kappa shape index (κ1) is 26.7. The molecule has 204 valence electrons. The lowest BCUT2D eigenvalue weighted by Gasteiger charge is -2.30. The van der Waals surface area contributed by atoms with Crippen LogP contribution in [0.3, 0.4) is 0 Å². The number of amides is 2. The fourth-order valence-corrected chi connectivity index (χ4v) is 7.67. The highest BCUT2D eigenvalue weighted by Crippen LogP contribution is 2.54. The van der Waals surface area contributed by atoms with E-state index in [0.29, 0.717) is 26.2 Å². The van der Waals surface area contributed by atoms with Crippen LogP contribution in [0.1, 0.15) is 27.5 Å². The maximum Gasteiger partial charge on any atom is 0.416 e. The van der Waals surface area contributed by atoms with E-state index >= 15 is 0 Å². The Kier molecular flexibility index (Phi) is 6.76. The van der Waals surface area contributed by atoms with Gasteiger partial charge >= 0.3 is 11.0 Å². The molecule has 2 aliphatic rings. The molecule has 6 nitrogen and oxygen atoms in total. The van der Waals surface area contributed by atoms with Gasteiger partial charge in [-0.05, 0) is 42.0 Å². The minimum absolute atomic E-state index is 0.150. The molecule has 1 N–H and O–H groups in total. The first-order valence-corrected chi connectivity index (χ1v) is 14.1. The van der Waals surface area contributed by atoms with Gasteiger partial charge in [0, 0.05) is 21.4 Å². The molecule has 3 heterocycles. The number of thioether (sulfide) groups is 1. The van der Waals surface area contributed by atoms with E-state index < -0.39 is 40.6 Å². The molecule has 12 heteroatoms. The van der Waals surface area contributed by atoms with E-state index in [1.165, 1.54) is 12.1 Å². The SMILES string of the molecule is O=C1C2Sc3[nH]c(=O)sc3C(c3ccccc3OCc3ccc(Cl)cc3)C2C(=O)N1c1cccc(C(F)(F)F)c1. The number of hydrogen-bond acceptors (Lipinski definition) is 6. The minimum atomic E-state index is -4.64. The van der Waals surface area contributed by atoms with E-state index in [9.17, 15) is 27.6 Å². The summed E-state index contributed by atoms with van der Waals surface area (Å²) in [5, 5.41) is 0.0921. The van der Waals surface area contributed by atoms with Gasteiger partial charge in [0.1, 0.15) is 17.6 Å². The van der Waals surface area contributed by atoms with Gasteiger partial charge in [0.05, 0.1) is 22.2 Å². The van der Waals surface area contributed by atoms with Crippen molar-refractivity contribution in [2.75, 3.05) is 4.90 Å². The number of carbonyl (C=O) groups excluding carboxylic acids is 2. The summed E-state index contributed by atoms with van der Waals surface area (Å²) in [4.78, 5) is 43.7. The van der Waals surface area contributed by atoms with Crippen molar-refractivity contribution in [3.63, 3.8) is 0 Å². The predicted molar refractivity (Wildman–Crippen MR) is 146 cm³/mol. The van der Waals surface area contributed by atoms with Gasteiger partial charge in [0.15, 0.2) is 0 Å². The number of aromatic amines is 1. The van der Waals surface area contributed by atoms with E-state index in [4.69, 9.17) is 16.3 Å². The fourth-order valence-electron chi connectivity index (χ4n) is 5.04. The zero-order chi connectivity index (χ0) is 28.2. The molecule has 1 fully saturated rings. The number of alkyl halides is 3. The van der Waals surface area contributed by atoms with Crippen molar-refractivity contribution in [1.82, 2.24) is 4.98 Å². The van der Waals surface area contributed by atoms with Crippen LogP contribution >= 0.6 is 34.7 Å². The summed E-state index contributed by atoms with van der Waals surface area (Å²) in [7, 11) is 0. The van der Waals surface area contributed by atoms with Crippen LogP contribution in [0.2, 0.25) is 5.02 Å². The highest BCUT2D eigenvalue weighted by Gasteiger charge is 2.57. The molecule has 1 saturated heterocycles. The Bertz CT molecular complexity index is 1690. The number of halogens is 4. The smallest absolute Gasteiger partial charge is 0.416 e. The number of fused-ring (bicyclic) bond motifs is 2. The number of carbonyl (C=O) groups is 2. The number of H-pyrrole nitrogens is 1. The molecule has 4 aromatic rings. The monoisotopic (exact) mass is 602 g/mol. The standard InChI is InChI=1S/C28H18ClF3N2O4S2/c29-16-10-8-14(9-11-16)13-38-19-7-2-1-6-18(19)20-21-23(39-24-22(20)40-27(37)33-24)26(36)34(25(21)35)17-5-3-4-15(12-17)28(30,31)32/h1-12,20-21,23H,13H2,(H,33,37). The third-order valence-corrected chi connectivity index (χ3v) is 9.47. The molecule has 3 atom stereocenters. The predicted octanol–water partition coefficient (Wildman–Crippen LogP) is 6.48. The number of nitrogens with one attached hydrogen (secondary N) is 1. The maximum absolute atomic E-state index is 13.9. The lowest BCUT2D eigenvalue weighted by molar-refractivity contribution is -0.137. The number of imide groups is 1. The number of rotatable bonds is 5. The molecule has 1 aromatic heterocycles. The fraction of sp³-hybridized carbons (Fsp3) is 0.179. The van der Waals surface area contributed by atoms with Gasteiger partial charge in [-0.15, -0.1) is 0 Å². The molecular formula is C28H18ClF3N2O4S2. The second kappa shape index (κ2) is 10.1. The van der Waals surface area contributed by atoms with Gasteiger partial charge in [0.2, 0.25) is 11.8 Å². The van der Waals surface area contributed by atoms with Crippen molar-refractivity contribution in [2.24, 2.45) is 5.92 Å². The number of ether oxygens (including phenoxy) is 1. The molecule has 6 rings (SSSR count). The molecule has 3 unspecified atom stereocenters. The Balaban J connectivity index is 1.41. The van der Waals surface area contributed by atoms with Gasteiger partial charge in [-0.2, -0.15) is 13.2 Å². The number of anilines is 1. The van der Waals surface area contributed by atoms with Crippen LogP contribution in [0.4, 0.5) is 18.9 Å². The summed E-state index contributed by atoms with van der Waals surface area (Å²) in [5.74, 6) is -2.52. The number of aromatic nitrogens is 1. The Morgan fingerprint density at radius 1 is 0.950 bits per heavy atom.